The Labute approximate surface area is 127 Å². The van der Waals surface area contributed by atoms with E-state index in [4.69, 9.17) is 4.74 Å². The highest BCUT2D eigenvalue weighted by molar-refractivity contribution is 9.10. The van der Waals surface area contributed by atoms with Crippen LogP contribution in [-0.2, 0) is 0 Å². The average molecular weight is 339 g/mol. The Hall–Kier alpha value is -1.07. The molecule has 1 aromatic carbocycles. The van der Waals surface area contributed by atoms with E-state index in [1.165, 1.54) is 12.8 Å². The summed E-state index contributed by atoms with van der Waals surface area (Å²) in [5, 5.41) is 3.13. The SMILES string of the molecule is COc1cc(Br)ccc1C(=O)NC1CCN(C2CC2)C1. The number of carbonyl (C=O) groups excluding carboxylic acids is 1. The molecule has 1 aliphatic heterocycles. The summed E-state index contributed by atoms with van der Waals surface area (Å²) in [7, 11) is 1.59. The van der Waals surface area contributed by atoms with Gasteiger partial charge >= 0.3 is 0 Å². The van der Waals surface area contributed by atoms with E-state index in [9.17, 15) is 4.79 Å². The molecule has 1 N–H and O–H groups in total. The van der Waals surface area contributed by atoms with Crippen molar-refractivity contribution in [1.29, 1.82) is 0 Å². The zero-order valence-corrected chi connectivity index (χ0v) is 13.1. The number of methoxy groups -OCH3 is 1. The Bertz CT molecular complexity index is 517. The zero-order valence-electron chi connectivity index (χ0n) is 11.6. The molecule has 0 aromatic heterocycles. The molecule has 3 rings (SSSR count). The Morgan fingerprint density at radius 1 is 1.40 bits per heavy atom. The van der Waals surface area contributed by atoms with E-state index in [0.717, 1.165) is 30.0 Å². The third-order valence-electron chi connectivity index (χ3n) is 4.03. The Morgan fingerprint density at radius 2 is 2.20 bits per heavy atom. The molecule has 0 bridgehead atoms. The lowest BCUT2D eigenvalue weighted by atomic mass is 10.1. The third kappa shape index (κ3) is 2.99. The summed E-state index contributed by atoms with van der Waals surface area (Å²) < 4.78 is 6.19. The largest absolute Gasteiger partial charge is 0.496 e. The molecule has 0 spiro atoms. The second kappa shape index (κ2) is 5.74. The number of rotatable bonds is 4. The number of ether oxygens (including phenoxy) is 1. The van der Waals surface area contributed by atoms with Crippen LogP contribution in [0.2, 0.25) is 0 Å². The van der Waals surface area contributed by atoms with E-state index in [1.54, 1.807) is 13.2 Å². The van der Waals surface area contributed by atoms with E-state index in [0.29, 0.717) is 11.3 Å². The van der Waals surface area contributed by atoms with Gasteiger partial charge in [-0.2, -0.15) is 0 Å². The lowest BCUT2D eigenvalue weighted by molar-refractivity contribution is 0.0934. The number of nitrogens with one attached hydrogen (secondary N) is 1. The maximum Gasteiger partial charge on any atom is 0.255 e. The van der Waals surface area contributed by atoms with Gasteiger partial charge in [0.2, 0.25) is 0 Å². The van der Waals surface area contributed by atoms with Crippen molar-refractivity contribution in [2.24, 2.45) is 0 Å². The van der Waals surface area contributed by atoms with Crippen LogP contribution in [-0.4, -0.2) is 43.1 Å². The summed E-state index contributed by atoms with van der Waals surface area (Å²) in [6.07, 6.45) is 3.68. The number of amides is 1. The van der Waals surface area contributed by atoms with Crippen molar-refractivity contribution in [2.45, 2.75) is 31.3 Å². The normalized spacial score (nSPS) is 22.8. The predicted molar refractivity (Wildman–Crippen MR) is 81.2 cm³/mol. The van der Waals surface area contributed by atoms with Crippen LogP contribution in [0.15, 0.2) is 22.7 Å². The van der Waals surface area contributed by atoms with Crippen LogP contribution in [0.25, 0.3) is 0 Å². The topological polar surface area (TPSA) is 41.6 Å². The lowest BCUT2D eigenvalue weighted by Gasteiger charge is -2.16. The quantitative estimate of drug-likeness (QED) is 0.916. The molecule has 1 amide bonds. The fraction of sp³-hybridized carbons (Fsp3) is 0.533. The standard InChI is InChI=1S/C15H19BrN2O2/c1-20-14-8-10(16)2-5-13(14)15(19)17-11-6-7-18(9-11)12-3-4-12/h2,5,8,11-12H,3-4,6-7,9H2,1H3,(H,17,19). The van der Waals surface area contributed by atoms with Crippen LogP contribution in [0.3, 0.4) is 0 Å². The van der Waals surface area contributed by atoms with Crippen LogP contribution < -0.4 is 10.1 Å². The first-order chi connectivity index (χ1) is 9.67. The molecule has 108 valence electrons. The maximum atomic E-state index is 12.4. The molecule has 2 aliphatic rings. The number of carbonyl (C=O) groups is 1. The Kier molecular flexibility index (Phi) is 3.98. The number of hydrogen-bond acceptors (Lipinski definition) is 3. The van der Waals surface area contributed by atoms with Crippen molar-refractivity contribution < 1.29 is 9.53 Å². The van der Waals surface area contributed by atoms with Gasteiger partial charge in [-0.1, -0.05) is 15.9 Å². The number of benzene rings is 1. The van der Waals surface area contributed by atoms with Crippen LogP contribution in [0, 0.1) is 0 Å². The van der Waals surface area contributed by atoms with Gasteiger partial charge in [0.25, 0.3) is 5.91 Å². The van der Waals surface area contributed by atoms with Gasteiger partial charge in [-0.15, -0.1) is 0 Å². The summed E-state index contributed by atoms with van der Waals surface area (Å²) in [6, 6.07) is 6.52. The van der Waals surface area contributed by atoms with E-state index < -0.39 is 0 Å². The monoisotopic (exact) mass is 338 g/mol. The van der Waals surface area contributed by atoms with Crippen LogP contribution in [0.1, 0.15) is 29.6 Å². The van der Waals surface area contributed by atoms with Crippen molar-refractivity contribution in [3.05, 3.63) is 28.2 Å². The molecule has 1 aromatic rings. The van der Waals surface area contributed by atoms with E-state index in [1.807, 2.05) is 12.1 Å². The summed E-state index contributed by atoms with van der Waals surface area (Å²) in [5.74, 6) is 0.561. The maximum absolute atomic E-state index is 12.4. The molecule has 5 heteroatoms. The highest BCUT2D eigenvalue weighted by Crippen LogP contribution is 2.30. The molecule has 0 radical (unpaired) electrons. The third-order valence-corrected chi connectivity index (χ3v) is 4.52. The summed E-state index contributed by atoms with van der Waals surface area (Å²) in [6.45, 7) is 2.09. The second-order valence-electron chi connectivity index (χ2n) is 5.53. The van der Waals surface area contributed by atoms with Crippen molar-refractivity contribution in [3.63, 3.8) is 0 Å². The molecular formula is C15H19BrN2O2. The molecule has 1 unspecified atom stereocenters. The van der Waals surface area contributed by atoms with Crippen molar-refractivity contribution >= 4 is 21.8 Å². The predicted octanol–water partition coefficient (Wildman–Crippen LogP) is 2.42. The van der Waals surface area contributed by atoms with Gasteiger partial charge in [0.15, 0.2) is 0 Å². The smallest absolute Gasteiger partial charge is 0.255 e. The van der Waals surface area contributed by atoms with Gasteiger partial charge in [0.1, 0.15) is 5.75 Å². The molecule has 1 saturated carbocycles. The average Bonchev–Trinajstić information content (AvgIpc) is 3.19. The van der Waals surface area contributed by atoms with Crippen LogP contribution >= 0.6 is 15.9 Å². The number of nitrogens with zero attached hydrogens (tertiary/aromatic N) is 1. The highest BCUT2D eigenvalue weighted by Gasteiger charge is 2.35. The molecule has 1 saturated heterocycles. The fourth-order valence-electron chi connectivity index (χ4n) is 2.79. The number of halogens is 1. The molecule has 4 nitrogen and oxygen atoms in total. The molecular weight excluding hydrogens is 320 g/mol. The van der Waals surface area contributed by atoms with E-state index >= 15 is 0 Å². The van der Waals surface area contributed by atoms with Gasteiger partial charge in [-0.05, 0) is 37.5 Å². The van der Waals surface area contributed by atoms with Gasteiger partial charge in [-0.3, -0.25) is 9.69 Å². The van der Waals surface area contributed by atoms with E-state index in [2.05, 4.69) is 26.1 Å². The Morgan fingerprint density at radius 3 is 2.90 bits per heavy atom. The first-order valence-corrected chi connectivity index (χ1v) is 7.85. The first kappa shape index (κ1) is 13.9. The zero-order chi connectivity index (χ0) is 14.1. The van der Waals surface area contributed by atoms with Crippen LogP contribution in [0.5, 0.6) is 5.75 Å². The number of likely N-dealkylation sites (tertiary alicyclic amines) is 1. The highest BCUT2D eigenvalue weighted by atomic mass is 79.9. The molecule has 2 fully saturated rings. The second-order valence-corrected chi connectivity index (χ2v) is 6.45. The summed E-state index contributed by atoms with van der Waals surface area (Å²) >= 11 is 3.39. The number of hydrogen-bond donors (Lipinski definition) is 1. The Balaban J connectivity index is 1.64. The summed E-state index contributed by atoms with van der Waals surface area (Å²) in [4.78, 5) is 14.8. The van der Waals surface area contributed by atoms with Gasteiger partial charge in [0.05, 0.1) is 12.7 Å². The van der Waals surface area contributed by atoms with E-state index in [-0.39, 0.29) is 11.9 Å². The lowest BCUT2D eigenvalue weighted by Crippen LogP contribution is -2.37. The van der Waals surface area contributed by atoms with Gasteiger partial charge in [0, 0.05) is 29.6 Å². The van der Waals surface area contributed by atoms with Crippen molar-refractivity contribution in [2.75, 3.05) is 20.2 Å². The molecule has 20 heavy (non-hydrogen) atoms. The van der Waals surface area contributed by atoms with Crippen LogP contribution in [0.4, 0.5) is 0 Å². The van der Waals surface area contributed by atoms with Gasteiger partial charge in [-0.25, -0.2) is 0 Å². The summed E-state index contributed by atoms with van der Waals surface area (Å²) in [5.41, 5.74) is 0.598. The fourth-order valence-corrected chi connectivity index (χ4v) is 3.13. The molecule has 1 aliphatic carbocycles. The first-order valence-electron chi connectivity index (χ1n) is 7.06. The van der Waals surface area contributed by atoms with Crippen molar-refractivity contribution in [3.8, 4) is 5.75 Å². The van der Waals surface area contributed by atoms with Crippen molar-refractivity contribution in [1.82, 2.24) is 10.2 Å². The molecule has 1 heterocycles. The molecule has 1 atom stereocenters. The minimum Gasteiger partial charge on any atom is -0.496 e. The van der Waals surface area contributed by atoms with Gasteiger partial charge < -0.3 is 10.1 Å². The minimum absolute atomic E-state index is 0.0444. The minimum atomic E-state index is -0.0444.